The van der Waals surface area contributed by atoms with Crippen LogP contribution in [0.25, 0.3) is 0 Å². The first kappa shape index (κ1) is 17.5. The molecule has 0 unspecified atom stereocenters. The second kappa shape index (κ2) is 10.2. The number of hydrogen-bond acceptors (Lipinski definition) is 3. The number of unbranched alkanes of at least 4 members (excludes halogenated alkanes) is 1. The van der Waals surface area contributed by atoms with Crippen LogP contribution < -0.4 is 10.2 Å². The van der Waals surface area contributed by atoms with Crippen molar-refractivity contribution in [1.29, 1.82) is 0 Å². The molecular weight excluding hydrogens is 316 g/mol. The fourth-order valence-electron chi connectivity index (χ4n) is 2.15. The van der Waals surface area contributed by atoms with Crippen molar-refractivity contribution in [3.63, 3.8) is 0 Å². The Hall–Kier alpha value is -0.580. The van der Waals surface area contributed by atoms with Gasteiger partial charge in [0.15, 0.2) is 0 Å². The molecule has 3 nitrogen and oxygen atoms in total. The van der Waals surface area contributed by atoms with E-state index in [1.165, 1.54) is 17.7 Å². The lowest BCUT2D eigenvalue weighted by Gasteiger charge is -2.25. The summed E-state index contributed by atoms with van der Waals surface area (Å²) >= 11 is 3.67. The maximum absolute atomic E-state index is 9.22. The van der Waals surface area contributed by atoms with Gasteiger partial charge in [0, 0.05) is 24.1 Å². The van der Waals surface area contributed by atoms with E-state index in [0.29, 0.717) is 6.54 Å². The number of nitrogens with zero attached hydrogens (tertiary/aromatic N) is 1. The summed E-state index contributed by atoms with van der Waals surface area (Å²) in [4.78, 5) is 2.25. The van der Waals surface area contributed by atoms with Gasteiger partial charge in [-0.15, -0.1) is 0 Å². The Labute approximate surface area is 131 Å². The second-order valence-corrected chi connectivity index (χ2v) is 5.88. The average molecular weight is 343 g/mol. The molecule has 0 saturated heterocycles. The zero-order chi connectivity index (χ0) is 14.8. The van der Waals surface area contributed by atoms with Crippen molar-refractivity contribution in [1.82, 2.24) is 5.32 Å². The van der Waals surface area contributed by atoms with Gasteiger partial charge in [-0.05, 0) is 53.0 Å². The summed E-state index contributed by atoms with van der Waals surface area (Å²) in [5.41, 5.74) is 2.46. The summed E-state index contributed by atoms with van der Waals surface area (Å²) in [5, 5.41) is 12.6. The lowest BCUT2D eigenvalue weighted by Crippen LogP contribution is -2.28. The summed E-state index contributed by atoms with van der Waals surface area (Å²) in [5.74, 6) is 0. The summed E-state index contributed by atoms with van der Waals surface area (Å²) in [7, 11) is 0. The molecular formula is C16H27BrN2O. The molecule has 0 aliphatic carbocycles. The van der Waals surface area contributed by atoms with Crippen molar-refractivity contribution >= 4 is 21.6 Å². The minimum atomic E-state index is 0.190. The van der Waals surface area contributed by atoms with Crippen LogP contribution in [0.15, 0.2) is 22.7 Å². The van der Waals surface area contributed by atoms with Crippen LogP contribution in [0, 0.1) is 0 Å². The van der Waals surface area contributed by atoms with Crippen LogP contribution >= 0.6 is 15.9 Å². The van der Waals surface area contributed by atoms with Crippen molar-refractivity contribution in [3.8, 4) is 0 Å². The summed E-state index contributed by atoms with van der Waals surface area (Å²) in [6, 6.07) is 6.49. The van der Waals surface area contributed by atoms with E-state index < -0.39 is 0 Å². The monoisotopic (exact) mass is 342 g/mol. The molecule has 0 fully saturated rings. The Kier molecular flexibility index (Phi) is 8.90. The van der Waals surface area contributed by atoms with Crippen LogP contribution in [-0.2, 0) is 6.54 Å². The van der Waals surface area contributed by atoms with E-state index in [0.717, 1.165) is 36.9 Å². The molecule has 1 aromatic carbocycles. The fourth-order valence-corrected chi connectivity index (χ4v) is 2.83. The van der Waals surface area contributed by atoms with E-state index in [4.69, 9.17) is 0 Å². The third-order valence-corrected chi connectivity index (χ3v) is 3.90. The van der Waals surface area contributed by atoms with Gasteiger partial charge in [0.05, 0.1) is 12.3 Å². The van der Waals surface area contributed by atoms with Crippen molar-refractivity contribution in [2.24, 2.45) is 0 Å². The third-order valence-electron chi connectivity index (χ3n) is 3.26. The van der Waals surface area contributed by atoms with E-state index in [1.54, 1.807) is 0 Å². The molecule has 1 aromatic rings. The van der Waals surface area contributed by atoms with Crippen molar-refractivity contribution < 1.29 is 5.11 Å². The molecule has 114 valence electrons. The SMILES string of the molecule is CCCCN(CCO)c1ccc(CNCCC)cc1Br. The summed E-state index contributed by atoms with van der Waals surface area (Å²) in [6.45, 7) is 8.18. The van der Waals surface area contributed by atoms with Gasteiger partial charge < -0.3 is 15.3 Å². The molecule has 0 spiro atoms. The fraction of sp³-hybridized carbons (Fsp3) is 0.625. The quantitative estimate of drug-likeness (QED) is 0.638. The van der Waals surface area contributed by atoms with Gasteiger partial charge in [-0.3, -0.25) is 0 Å². The Bertz CT molecular complexity index is 385. The molecule has 0 saturated carbocycles. The van der Waals surface area contributed by atoms with E-state index in [1.807, 2.05) is 0 Å². The average Bonchev–Trinajstić information content (AvgIpc) is 2.44. The number of rotatable bonds is 10. The topological polar surface area (TPSA) is 35.5 Å². The molecule has 0 heterocycles. The standard InChI is InChI=1S/C16H27BrN2O/c1-3-5-9-19(10-11-20)16-7-6-14(12-15(16)17)13-18-8-4-2/h6-7,12,18,20H,3-5,8-11,13H2,1-2H3. The van der Waals surface area contributed by atoms with Gasteiger partial charge in [-0.25, -0.2) is 0 Å². The minimum absolute atomic E-state index is 0.190. The first-order valence-electron chi connectivity index (χ1n) is 7.57. The number of benzene rings is 1. The van der Waals surface area contributed by atoms with E-state index >= 15 is 0 Å². The Balaban J connectivity index is 2.72. The Morgan fingerprint density at radius 1 is 1.20 bits per heavy atom. The smallest absolute Gasteiger partial charge is 0.0606 e. The summed E-state index contributed by atoms with van der Waals surface area (Å²) < 4.78 is 1.11. The molecule has 0 aliphatic heterocycles. The number of anilines is 1. The zero-order valence-electron chi connectivity index (χ0n) is 12.7. The highest BCUT2D eigenvalue weighted by molar-refractivity contribution is 9.10. The maximum atomic E-state index is 9.22. The highest BCUT2D eigenvalue weighted by Gasteiger charge is 2.09. The van der Waals surface area contributed by atoms with Crippen LogP contribution in [0.4, 0.5) is 5.69 Å². The van der Waals surface area contributed by atoms with Gasteiger partial charge in [0.2, 0.25) is 0 Å². The van der Waals surface area contributed by atoms with Gasteiger partial charge >= 0.3 is 0 Å². The van der Waals surface area contributed by atoms with Crippen molar-refractivity contribution in [2.45, 2.75) is 39.7 Å². The molecule has 20 heavy (non-hydrogen) atoms. The highest BCUT2D eigenvalue weighted by Crippen LogP contribution is 2.27. The highest BCUT2D eigenvalue weighted by atomic mass is 79.9. The largest absolute Gasteiger partial charge is 0.395 e. The van der Waals surface area contributed by atoms with Crippen LogP contribution in [-0.4, -0.2) is 31.3 Å². The van der Waals surface area contributed by atoms with Crippen molar-refractivity contribution in [3.05, 3.63) is 28.2 Å². The summed E-state index contributed by atoms with van der Waals surface area (Å²) in [6.07, 6.45) is 3.46. The third kappa shape index (κ3) is 5.81. The van der Waals surface area contributed by atoms with E-state index in [-0.39, 0.29) is 6.61 Å². The lowest BCUT2D eigenvalue weighted by molar-refractivity contribution is 0.301. The first-order chi connectivity index (χ1) is 9.72. The van der Waals surface area contributed by atoms with Crippen LogP contribution in [0.1, 0.15) is 38.7 Å². The zero-order valence-corrected chi connectivity index (χ0v) is 14.2. The van der Waals surface area contributed by atoms with Crippen LogP contribution in [0.2, 0.25) is 0 Å². The molecule has 0 bridgehead atoms. The minimum Gasteiger partial charge on any atom is -0.395 e. The van der Waals surface area contributed by atoms with E-state index in [2.05, 4.69) is 58.2 Å². The predicted octanol–water partition coefficient (Wildman–Crippen LogP) is 3.55. The first-order valence-corrected chi connectivity index (χ1v) is 8.37. The molecule has 4 heteroatoms. The molecule has 0 aromatic heterocycles. The number of nitrogens with one attached hydrogen (secondary N) is 1. The van der Waals surface area contributed by atoms with Gasteiger partial charge in [-0.2, -0.15) is 0 Å². The second-order valence-electron chi connectivity index (χ2n) is 5.03. The number of aliphatic hydroxyl groups is 1. The number of hydrogen-bond donors (Lipinski definition) is 2. The normalized spacial score (nSPS) is 10.8. The molecule has 0 atom stereocenters. The predicted molar refractivity (Wildman–Crippen MR) is 90.3 cm³/mol. The van der Waals surface area contributed by atoms with Crippen LogP contribution in [0.5, 0.6) is 0 Å². The van der Waals surface area contributed by atoms with Crippen molar-refractivity contribution in [2.75, 3.05) is 31.1 Å². The molecule has 0 aliphatic rings. The maximum Gasteiger partial charge on any atom is 0.0606 e. The molecule has 0 amide bonds. The molecule has 0 radical (unpaired) electrons. The van der Waals surface area contributed by atoms with Gasteiger partial charge in [-0.1, -0.05) is 26.3 Å². The Morgan fingerprint density at radius 3 is 2.60 bits per heavy atom. The number of aliphatic hydroxyl groups excluding tert-OH is 1. The van der Waals surface area contributed by atoms with Gasteiger partial charge in [0.25, 0.3) is 0 Å². The molecule has 2 N–H and O–H groups in total. The van der Waals surface area contributed by atoms with E-state index in [9.17, 15) is 5.11 Å². The van der Waals surface area contributed by atoms with Crippen LogP contribution in [0.3, 0.4) is 0 Å². The van der Waals surface area contributed by atoms with Gasteiger partial charge in [0.1, 0.15) is 0 Å². The Morgan fingerprint density at radius 2 is 2.00 bits per heavy atom. The number of halogens is 1. The molecule has 1 rings (SSSR count). The lowest BCUT2D eigenvalue weighted by atomic mass is 10.2.